The van der Waals surface area contributed by atoms with E-state index in [0.29, 0.717) is 25.4 Å². The van der Waals surface area contributed by atoms with Gasteiger partial charge in [-0.15, -0.1) is 24.0 Å². The highest BCUT2D eigenvalue weighted by Gasteiger charge is 2.16. The molecule has 0 spiro atoms. The lowest BCUT2D eigenvalue weighted by Gasteiger charge is -2.26. The maximum Gasteiger partial charge on any atom is 0.220 e. The van der Waals surface area contributed by atoms with Crippen molar-refractivity contribution in [2.45, 2.75) is 51.9 Å². The number of morpholine rings is 1. The van der Waals surface area contributed by atoms with E-state index in [1.807, 2.05) is 0 Å². The largest absolute Gasteiger partial charge is 0.379 e. The van der Waals surface area contributed by atoms with Crippen LogP contribution in [-0.2, 0) is 9.53 Å². The third-order valence-electron chi connectivity index (χ3n) is 5.29. The summed E-state index contributed by atoms with van der Waals surface area (Å²) in [4.78, 5) is 19.1. The summed E-state index contributed by atoms with van der Waals surface area (Å²) in [5.41, 5.74) is 0. The van der Waals surface area contributed by atoms with Gasteiger partial charge in [-0.1, -0.05) is 19.3 Å². The van der Waals surface area contributed by atoms with Crippen LogP contribution in [0.15, 0.2) is 4.99 Å². The quantitative estimate of drug-likeness (QED) is 0.182. The van der Waals surface area contributed by atoms with Crippen molar-refractivity contribution in [3.8, 4) is 0 Å². The third-order valence-corrected chi connectivity index (χ3v) is 5.29. The number of rotatable bonds is 10. The monoisotopic (exact) mass is 509 g/mol. The van der Waals surface area contributed by atoms with Gasteiger partial charge in [0.15, 0.2) is 5.96 Å². The van der Waals surface area contributed by atoms with Gasteiger partial charge >= 0.3 is 0 Å². The first kappa shape index (κ1) is 25.4. The maximum atomic E-state index is 12.0. The maximum absolute atomic E-state index is 12.0. The molecule has 1 saturated carbocycles. The Balaban J connectivity index is 0.00000392. The first-order valence-electron chi connectivity index (χ1n) is 10.9. The molecule has 28 heavy (non-hydrogen) atoms. The number of aliphatic imine (C=N–C) groups is 1. The average Bonchev–Trinajstić information content (AvgIpc) is 2.70. The molecule has 0 atom stereocenters. The Morgan fingerprint density at radius 3 is 2.50 bits per heavy atom. The number of amides is 1. The molecular weight excluding hydrogens is 469 g/mol. The van der Waals surface area contributed by atoms with E-state index in [9.17, 15) is 4.79 Å². The van der Waals surface area contributed by atoms with E-state index in [4.69, 9.17) is 4.74 Å². The summed E-state index contributed by atoms with van der Waals surface area (Å²) in [5.74, 6) is 1.62. The van der Waals surface area contributed by atoms with Gasteiger partial charge in [-0.3, -0.25) is 14.7 Å². The van der Waals surface area contributed by atoms with Gasteiger partial charge in [0.1, 0.15) is 0 Å². The van der Waals surface area contributed by atoms with E-state index >= 15 is 0 Å². The van der Waals surface area contributed by atoms with Crippen molar-refractivity contribution in [3.05, 3.63) is 0 Å². The van der Waals surface area contributed by atoms with Gasteiger partial charge in [0.05, 0.1) is 13.2 Å². The molecular formula is C20H40IN5O2. The van der Waals surface area contributed by atoms with Crippen molar-refractivity contribution in [3.63, 3.8) is 0 Å². The lowest BCUT2D eigenvalue weighted by Crippen LogP contribution is -2.42. The molecule has 0 aromatic heterocycles. The fourth-order valence-electron chi connectivity index (χ4n) is 3.76. The number of carbonyl (C=O) groups excluding carboxylic acids is 1. The van der Waals surface area contributed by atoms with E-state index < -0.39 is 0 Å². The van der Waals surface area contributed by atoms with Gasteiger partial charge in [0.2, 0.25) is 5.91 Å². The SMILES string of the molecule is CCNC(=NCCCN1CCOCC1)NCCNC(=O)CC1CCCCC1.I. The van der Waals surface area contributed by atoms with Crippen LogP contribution in [0.5, 0.6) is 0 Å². The van der Waals surface area contributed by atoms with Gasteiger partial charge in [-0.25, -0.2) is 0 Å². The molecule has 2 aliphatic rings. The molecule has 2 rings (SSSR count). The number of nitrogens with zero attached hydrogens (tertiary/aromatic N) is 2. The van der Waals surface area contributed by atoms with Crippen LogP contribution >= 0.6 is 24.0 Å². The van der Waals surface area contributed by atoms with E-state index in [1.54, 1.807) is 0 Å². The standard InChI is InChI=1S/C20H39N5O2.HI/c1-2-21-20(23-9-6-12-25-13-15-27-16-14-25)24-11-10-22-19(26)17-18-7-4-3-5-8-18;/h18H,2-17H2,1H3,(H,22,26)(H2,21,23,24);1H. The molecule has 1 aliphatic carbocycles. The Morgan fingerprint density at radius 2 is 1.79 bits per heavy atom. The van der Waals surface area contributed by atoms with Crippen LogP contribution in [0.1, 0.15) is 51.9 Å². The Hall–Kier alpha value is -0.610. The third kappa shape index (κ3) is 11.4. The number of guanidine groups is 1. The second kappa shape index (κ2) is 16.2. The van der Waals surface area contributed by atoms with Crippen molar-refractivity contribution in [1.82, 2.24) is 20.9 Å². The van der Waals surface area contributed by atoms with Crippen LogP contribution in [0.2, 0.25) is 0 Å². The average molecular weight is 509 g/mol. The van der Waals surface area contributed by atoms with Crippen molar-refractivity contribution in [2.24, 2.45) is 10.9 Å². The summed E-state index contributed by atoms with van der Waals surface area (Å²) >= 11 is 0. The number of carbonyl (C=O) groups is 1. The zero-order chi connectivity index (χ0) is 19.2. The van der Waals surface area contributed by atoms with Gasteiger partial charge in [-0.2, -0.15) is 0 Å². The van der Waals surface area contributed by atoms with Crippen LogP contribution in [0.25, 0.3) is 0 Å². The van der Waals surface area contributed by atoms with Gasteiger partial charge in [-0.05, 0) is 32.1 Å². The molecule has 2 fully saturated rings. The van der Waals surface area contributed by atoms with Gasteiger partial charge in [0.25, 0.3) is 0 Å². The number of halogens is 1. The van der Waals surface area contributed by atoms with Crippen molar-refractivity contribution in [2.75, 3.05) is 59.0 Å². The summed E-state index contributed by atoms with van der Waals surface area (Å²) in [6.45, 7) is 9.88. The summed E-state index contributed by atoms with van der Waals surface area (Å²) < 4.78 is 5.37. The molecule has 1 heterocycles. The Morgan fingerprint density at radius 1 is 1.07 bits per heavy atom. The Bertz CT molecular complexity index is 438. The molecule has 0 aromatic rings. The highest BCUT2D eigenvalue weighted by Crippen LogP contribution is 2.25. The van der Waals surface area contributed by atoms with E-state index in [2.05, 4.69) is 32.8 Å². The molecule has 164 valence electrons. The predicted molar refractivity (Wildman–Crippen MR) is 125 cm³/mol. The van der Waals surface area contributed by atoms with E-state index in [1.165, 1.54) is 32.1 Å². The van der Waals surface area contributed by atoms with Crippen molar-refractivity contribution < 1.29 is 9.53 Å². The lowest BCUT2D eigenvalue weighted by atomic mass is 9.87. The summed E-state index contributed by atoms with van der Waals surface area (Å²) in [7, 11) is 0. The molecule has 1 saturated heterocycles. The summed E-state index contributed by atoms with van der Waals surface area (Å²) in [6, 6.07) is 0. The number of hydrogen-bond acceptors (Lipinski definition) is 4. The molecule has 7 nitrogen and oxygen atoms in total. The predicted octanol–water partition coefficient (Wildman–Crippen LogP) is 1.97. The Kier molecular flexibility index (Phi) is 14.7. The van der Waals surface area contributed by atoms with Crippen LogP contribution in [0.3, 0.4) is 0 Å². The molecule has 8 heteroatoms. The normalized spacial score (nSPS) is 19.0. The number of nitrogens with one attached hydrogen (secondary N) is 3. The lowest BCUT2D eigenvalue weighted by molar-refractivity contribution is -0.122. The van der Waals surface area contributed by atoms with Crippen LogP contribution in [0, 0.1) is 5.92 Å². The van der Waals surface area contributed by atoms with E-state index in [-0.39, 0.29) is 29.9 Å². The minimum Gasteiger partial charge on any atom is -0.379 e. The molecule has 0 bridgehead atoms. The van der Waals surface area contributed by atoms with Crippen LogP contribution in [-0.4, -0.2) is 75.8 Å². The van der Waals surface area contributed by atoms with Gasteiger partial charge in [0, 0.05) is 52.2 Å². The zero-order valence-corrected chi connectivity index (χ0v) is 19.8. The Labute approximate surface area is 187 Å². The summed E-state index contributed by atoms with van der Waals surface area (Å²) in [6.07, 6.45) is 8.08. The molecule has 0 unspecified atom stereocenters. The first-order valence-corrected chi connectivity index (χ1v) is 10.9. The number of ether oxygens (including phenoxy) is 1. The van der Waals surface area contributed by atoms with Crippen LogP contribution < -0.4 is 16.0 Å². The molecule has 3 N–H and O–H groups in total. The smallest absolute Gasteiger partial charge is 0.220 e. The molecule has 1 aliphatic heterocycles. The van der Waals surface area contributed by atoms with Crippen molar-refractivity contribution in [1.29, 1.82) is 0 Å². The highest BCUT2D eigenvalue weighted by atomic mass is 127. The molecule has 0 radical (unpaired) electrons. The minimum absolute atomic E-state index is 0. The first-order chi connectivity index (χ1) is 13.3. The summed E-state index contributed by atoms with van der Waals surface area (Å²) in [5, 5.41) is 9.61. The van der Waals surface area contributed by atoms with E-state index in [0.717, 1.165) is 58.3 Å². The van der Waals surface area contributed by atoms with Gasteiger partial charge < -0.3 is 20.7 Å². The topological polar surface area (TPSA) is 78.0 Å². The fourth-order valence-corrected chi connectivity index (χ4v) is 3.76. The molecule has 0 aromatic carbocycles. The second-order valence-electron chi connectivity index (χ2n) is 7.55. The number of hydrogen-bond donors (Lipinski definition) is 3. The second-order valence-corrected chi connectivity index (χ2v) is 7.55. The minimum atomic E-state index is 0. The molecule has 1 amide bonds. The fraction of sp³-hybridized carbons (Fsp3) is 0.900. The highest BCUT2D eigenvalue weighted by molar-refractivity contribution is 14.0. The van der Waals surface area contributed by atoms with Crippen LogP contribution in [0.4, 0.5) is 0 Å². The van der Waals surface area contributed by atoms with Crippen molar-refractivity contribution >= 4 is 35.8 Å². The zero-order valence-electron chi connectivity index (χ0n) is 17.5.